The van der Waals surface area contributed by atoms with Crippen molar-refractivity contribution in [2.75, 3.05) is 0 Å². The molecule has 0 radical (unpaired) electrons. The fraction of sp³-hybridized carbons (Fsp3) is 0.133. The van der Waals surface area contributed by atoms with Gasteiger partial charge in [0.15, 0.2) is 0 Å². The molecule has 0 aliphatic rings. The summed E-state index contributed by atoms with van der Waals surface area (Å²) in [5.41, 5.74) is 0.968. The molecule has 1 aromatic carbocycles. The van der Waals surface area contributed by atoms with E-state index in [9.17, 15) is 9.18 Å². The van der Waals surface area contributed by atoms with Crippen LogP contribution in [-0.2, 0) is 13.1 Å². The molecule has 3 nitrogen and oxygen atoms in total. The molecule has 4 heteroatoms. The van der Waals surface area contributed by atoms with E-state index in [1.54, 1.807) is 29.0 Å². The zero-order chi connectivity index (χ0) is 13.2. The Bertz CT molecular complexity index is 773. The number of hydrogen-bond acceptors (Lipinski definition) is 1. The van der Waals surface area contributed by atoms with Gasteiger partial charge < -0.3 is 9.13 Å². The quantitative estimate of drug-likeness (QED) is 0.707. The zero-order valence-corrected chi connectivity index (χ0v) is 10.3. The number of pyridine rings is 1. The van der Waals surface area contributed by atoms with Crippen molar-refractivity contribution in [2.45, 2.75) is 13.1 Å². The second-order valence-corrected chi connectivity index (χ2v) is 4.44. The molecular weight excluding hydrogens is 243 g/mol. The Morgan fingerprint density at radius 3 is 2.63 bits per heavy atom. The second kappa shape index (κ2) is 4.72. The number of fused-ring (bicyclic) bond motifs is 1. The lowest BCUT2D eigenvalue weighted by Gasteiger charge is -2.07. The maximum atomic E-state index is 13.1. The number of halogens is 1. The van der Waals surface area contributed by atoms with Gasteiger partial charge in [0.25, 0.3) is 5.56 Å². The average Bonchev–Trinajstić information content (AvgIpc) is 2.80. The van der Waals surface area contributed by atoms with Gasteiger partial charge in [0.1, 0.15) is 5.82 Å². The summed E-state index contributed by atoms with van der Waals surface area (Å²) in [7, 11) is 0. The third-order valence-corrected chi connectivity index (χ3v) is 3.21. The molecule has 96 valence electrons. The minimum Gasteiger partial charge on any atom is -0.346 e. The molecule has 2 heterocycles. The number of aromatic nitrogens is 2. The highest BCUT2D eigenvalue weighted by Crippen LogP contribution is 2.16. The van der Waals surface area contributed by atoms with Gasteiger partial charge in [-0.3, -0.25) is 4.79 Å². The number of aryl methyl sites for hydroxylation is 2. The van der Waals surface area contributed by atoms with Crippen LogP contribution < -0.4 is 5.56 Å². The van der Waals surface area contributed by atoms with Crippen molar-refractivity contribution in [3.05, 3.63) is 71.0 Å². The highest BCUT2D eigenvalue weighted by molar-refractivity contribution is 5.80. The Morgan fingerprint density at radius 2 is 1.79 bits per heavy atom. The van der Waals surface area contributed by atoms with Crippen molar-refractivity contribution in [1.82, 2.24) is 9.13 Å². The number of hydrogen-bond donors (Lipinski definition) is 0. The molecule has 3 aromatic rings. The number of benzene rings is 1. The van der Waals surface area contributed by atoms with Crippen LogP contribution >= 0.6 is 0 Å². The van der Waals surface area contributed by atoms with Crippen LogP contribution in [0.25, 0.3) is 10.9 Å². The Kier molecular flexibility index (Phi) is 2.91. The maximum absolute atomic E-state index is 13.1. The maximum Gasteiger partial charge on any atom is 0.250 e. The van der Waals surface area contributed by atoms with Crippen molar-refractivity contribution in [3.63, 3.8) is 0 Å². The van der Waals surface area contributed by atoms with Gasteiger partial charge in [-0.15, -0.1) is 0 Å². The lowest BCUT2D eigenvalue weighted by Crippen LogP contribution is -2.20. The van der Waals surface area contributed by atoms with E-state index < -0.39 is 0 Å². The Hall–Kier alpha value is -2.36. The molecule has 0 bridgehead atoms. The van der Waals surface area contributed by atoms with Gasteiger partial charge >= 0.3 is 0 Å². The topological polar surface area (TPSA) is 26.9 Å². The van der Waals surface area contributed by atoms with Crippen molar-refractivity contribution in [3.8, 4) is 0 Å². The number of rotatable bonds is 3. The minimum atomic E-state index is -0.232. The summed E-state index contributed by atoms with van der Waals surface area (Å²) in [4.78, 5) is 11.6. The summed E-state index contributed by atoms with van der Waals surface area (Å²) >= 11 is 0. The van der Waals surface area contributed by atoms with Gasteiger partial charge in [0.2, 0.25) is 0 Å². The Labute approximate surface area is 109 Å². The van der Waals surface area contributed by atoms with Gasteiger partial charge in [-0.25, -0.2) is 4.39 Å². The first kappa shape index (κ1) is 11.7. The van der Waals surface area contributed by atoms with E-state index in [4.69, 9.17) is 0 Å². The molecule has 0 unspecified atom stereocenters. The van der Waals surface area contributed by atoms with Crippen molar-refractivity contribution < 1.29 is 4.39 Å². The van der Waals surface area contributed by atoms with Crippen LogP contribution in [0.4, 0.5) is 4.39 Å². The van der Waals surface area contributed by atoms with Crippen molar-refractivity contribution >= 4 is 10.9 Å². The van der Waals surface area contributed by atoms with Crippen LogP contribution in [0.5, 0.6) is 0 Å². The summed E-state index contributed by atoms with van der Waals surface area (Å²) in [5, 5.41) is 0.875. The highest BCUT2D eigenvalue weighted by Gasteiger charge is 2.02. The molecule has 0 atom stereocenters. The van der Waals surface area contributed by atoms with Gasteiger partial charge in [-0.2, -0.15) is 0 Å². The Morgan fingerprint density at radius 1 is 0.947 bits per heavy atom. The molecule has 0 N–H and O–H groups in total. The van der Waals surface area contributed by atoms with Gasteiger partial charge in [-0.05, 0) is 30.3 Å². The smallest absolute Gasteiger partial charge is 0.250 e. The van der Waals surface area contributed by atoms with E-state index in [2.05, 4.69) is 0 Å². The van der Waals surface area contributed by atoms with Crippen LogP contribution in [0.2, 0.25) is 0 Å². The first-order valence-electron chi connectivity index (χ1n) is 6.14. The molecule has 0 fully saturated rings. The molecule has 0 aliphatic carbocycles. The normalized spacial score (nSPS) is 11.0. The summed E-state index contributed by atoms with van der Waals surface area (Å²) in [6.45, 7) is 1.28. The molecule has 0 spiro atoms. The van der Waals surface area contributed by atoms with E-state index in [1.807, 2.05) is 22.9 Å². The monoisotopic (exact) mass is 256 g/mol. The lowest BCUT2D eigenvalue weighted by molar-refractivity contribution is 0.577. The van der Waals surface area contributed by atoms with E-state index >= 15 is 0 Å². The van der Waals surface area contributed by atoms with Crippen LogP contribution in [0.3, 0.4) is 0 Å². The molecule has 0 saturated heterocycles. The van der Waals surface area contributed by atoms with Gasteiger partial charge in [0, 0.05) is 42.5 Å². The summed E-state index contributed by atoms with van der Waals surface area (Å²) in [6, 6.07) is 11.7. The average molecular weight is 256 g/mol. The summed E-state index contributed by atoms with van der Waals surface area (Å²) in [6.07, 6.45) is 3.69. The largest absolute Gasteiger partial charge is 0.346 e. The molecule has 19 heavy (non-hydrogen) atoms. The molecule has 2 aromatic heterocycles. The first-order chi connectivity index (χ1) is 9.24. The molecule has 0 amide bonds. The predicted molar refractivity (Wildman–Crippen MR) is 72.6 cm³/mol. The lowest BCUT2D eigenvalue weighted by atomic mass is 10.2. The zero-order valence-electron chi connectivity index (χ0n) is 10.3. The summed E-state index contributed by atoms with van der Waals surface area (Å²) in [5.74, 6) is -0.232. The van der Waals surface area contributed by atoms with Crippen molar-refractivity contribution in [2.24, 2.45) is 0 Å². The van der Waals surface area contributed by atoms with Gasteiger partial charge in [-0.1, -0.05) is 6.07 Å². The Balaban J connectivity index is 1.86. The third kappa shape index (κ3) is 2.29. The summed E-state index contributed by atoms with van der Waals surface area (Å²) < 4.78 is 16.8. The molecular formula is C15H13FN2O. The molecule has 0 aliphatic heterocycles. The molecule has 0 saturated carbocycles. The van der Waals surface area contributed by atoms with Crippen molar-refractivity contribution in [1.29, 1.82) is 0 Å². The van der Waals surface area contributed by atoms with E-state index in [-0.39, 0.29) is 11.4 Å². The standard InChI is InChI=1S/C15H13FN2O/c16-13-4-5-14-12(11-13)6-8-17(14)9-10-18-7-2-1-3-15(18)19/h1-8,11H,9-10H2. The highest BCUT2D eigenvalue weighted by atomic mass is 19.1. The first-order valence-corrected chi connectivity index (χ1v) is 6.14. The fourth-order valence-electron chi connectivity index (χ4n) is 2.23. The molecule has 3 rings (SSSR count). The van der Waals surface area contributed by atoms with Crippen LogP contribution in [0.15, 0.2) is 59.7 Å². The third-order valence-electron chi connectivity index (χ3n) is 3.21. The number of nitrogens with zero attached hydrogens (tertiary/aromatic N) is 2. The van der Waals surface area contributed by atoms with Gasteiger partial charge in [0.05, 0.1) is 0 Å². The minimum absolute atomic E-state index is 0.00925. The van der Waals surface area contributed by atoms with Crippen LogP contribution in [-0.4, -0.2) is 9.13 Å². The SMILES string of the molecule is O=c1ccccn1CCn1ccc2cc(F)ccc21. The van der Waals surface area contributed by atoms with Crippen LogP contribution in [0.1, 0.15) is 0 Å². The van der Waals surface area contributed by atoms with E-state index in [0.717, 1.165) is 10.9 Å². The second-order valence-electron chi connectivity index (χ2n) is 4.44. The van der Waals surface area contributed by atoms with E-state index in [0.29, 0.717) is 13.1 Å². The van der Waals surface area contributed by atoms with Crippen LogP contribution in [0, 0.1) is 5.82 Å². The predicted octanol–water partition coefficient (Wildman–Crippen LogP) is 2.64. The fourth-order valence-corrected chi connectivity index (χ4v) is 2.23. The van der Waals surface area contributed by atoms with E-state index in [1.165, 1.54) is 12.1 Å².